The highest BCUT2D eigenvalue weighted by Crippen LogP contribution is 2.29. The molecule has 41 heavy (non-hydrogen) atoms. The summed E-state index contributed by atoms with van der Waals surface area (Å²) in [5.41, 5.74) is 7.34. The van der Waals surface area contributed by atoms with Gasteiger partial charge in [0.15, 0.2) is 5.78 Å². The number of benzene rings is 3. The van der Waals surface area contributed by atoms with Crippen molar-refractivity contribution < 1.29 is 9.59 Å². The monoisotopic (exact) mass is 549 g/mol. The van der Waals surface area contributed by atoms with Gasteiger partial charge in [-0.1, -0.05) is 37.3 Å². The Morgan fingerprint density at radius 3 is 2.15 bits per heavy atom. The molecule has 1 amide bonds. The summed E-state index contributed by atoms with van der Waals surface area (Å²) in [5, 5.41) is 13.2. The quantitative estimate of drug-likeness (QED) is 0.375. The number of nitrogens with one attached hydrogen (secondary N) is 1. The van der Waals surface area contributed by atoms with Gasteiger partial charge in [0.2, 0.25) is 0 Å². The maximum atomic E-state index is 13.7. The van der Waals surface area contributed by atoms with E-state index in [0.29, 0.717) is 38.6 Å². The molecule has 0 radical (unpaired) electrons. The number of nitriles is 1. The van der Waals surface area contributed by atoms with Crippen molar-refractivity contribution in [2.24, 2.45) is 0 Å². The minimum absolute atomic E-state index is 0.0612. The molecule has 2 aliphatic rings. The number of carbonyl (C=O) groups is 2. The third-order valence-corrected chi connectivity index (χ3v) is 8.45. The number of piperidine rings is 1. The molecule has 0 aromatic heterocycles. The summed E-state index contributed by atoms with van der Waals surface area (Å²) in [6, 6.07) is 22.3. The molecule has 3 aromatic carbocycles. The van der Waals surface area contributed by atoms with Crippen LogP contribution in [0.15, 0.2) is 60.7 Å². The van der Waals surface area contributed by atoms with Gasteiger partial charge >= 0.3 is 0 Å². The molecule has 0 aliphatic carbocycles. The standard InChI is InChI=1S/C34H39N5O2/c1-4-33(40)28-10-6-8-12-32(28)38-17-19-39(20-18-38)34(41)29-22-30(25(3)21-24(29)2)36-27-13-15-37(16-14-27)31-11-7-5-9-26(31)23-35/h5-12,21-22,27,36H,4,13-20H2,1-3H3. The molecule has 212 valence electrons. The van der Waals surface area contributed by atoms with Crippen LogP contribution in [0.1, 0.15) is 63.6 Å². The number of piperazine rings is 1. The van der Waals surface area contributed by atoms with Gasteiger partial charge in [-0.3, -0.25) is 9.59 Å². The number of anilines is 3. The zero-order valence-electron chi connectivity index (χ0n) is 24.3. The second-order valence-corrected chi connectivity index (χ2v) is 11.1. The van der Waals surface area contributed by atoms with Gasteiger partial charge in [0.25, 0.3) is 5.91 Å². The third kappa shape index (κ3) is 6.07. The van der Waals surface area contributed by atoms with Gasteiger partial charge in [0.1, 0.15) is 6.07 Å². The number of carbonyl (C=O) groups excluding carboxylic acids is 2. The maximum Gasteiger partial charge on any atom is 0.254 e. The topological polar surface area (TPSA) is 79.7 Å². The van der Waals surface area contributed by atoms with Crippen molar-refractivity contribution in [1.29, 1.82) is 5.26 Å². The number of para-hydroxylation sites is 2. The van der Waals surface area contributed by atoms with E-state index in [9.17, 15) is 14.9 Å². The predicted octanol–water partition coefficient (Wildman–Crippen LogP) is 5.81. The summed E-state index contributed by atoms with van der Waals surface area (Å²) >= 11 is 0. The molecule has 7 heteroatoms. The van der Waals surface area contributed by atoms with Crippen LogP contribution in [-0.2, 0) is 0 Å². The SMILES string of the molecule is CCC(=O)c1ccccc1N1CCN(C(=O)c2cc(NC3CCN(c4ccccc4C#N)CC3)c(C)cc2C)CC1. The summed E-state index contributed by atoms with van der Waals surface area (Å²) in [6.07, 6.45) is 2.40. The summed E-state index contributed by atoms with van der Waals surface area (Å²) in [4.78, 5) is 32.6. The van der Waals surface area contributed by atoms with Crippen molar-refractivity contribution in [3.63, 3.8) is 0 Å². The van der Waals surface area contributed by atoms with Gasteiger partial charge in [0, 0.05) is 74.2 Å². The minimum Gasteiger partial charge on any atom is -0.382 e. The smallest absolute Gasteiger partial charge is 0.254 e. The molecule has 7 nitrogen and oxygen atoms in total. The first-order chi connectivity index (χ1) is 19.9. The number of hydrogen-bond acceptors (Lipinski definition) is 6. The van der Waals surface area contributed by atoms with Crippen LogP contribution in [-0.4, -0.2) is 61.9 Å². The average molecular weight is 550 g/mol. The lowest BCUT2D eigenvalue weighted by Crippen LogP contribution is -2.49. The lowest BCUT2D eigenvalue weighted by atomic mass is 9.99. The molecule has 5 rings (SSSR count). The summed E-state index contributed by atoms with van der Waals surface area (Å²) in [6.45, 7) is 10.4. The number of nitrogens with zero attached hydrogens (tertiary/aromatic N) is 4. The van der Waals surface area contributed by atoms with Crippen LogP contribution >= 0.6 is 0 Å². The molecule has 2 fully saturated rings. The minimum atomic E-state index is 0.0612. The summed E-state index contributed by atoms with van der Waals surface area (Å²) < 4.78 is 0. The van der Waals surface area contributed by atoms with Crippen molar-refractivity contribution in [3.8, 4) is 6.07 Å². The fourth-order valence-electron chi connectivity index (χ4n) is 6.06. The normalized spacial score (nSPS) is 15.9. The van der Waals surface area contributed by atoms with E-state index in [1.54, 1.807) is 0 Å². The van der Waals surface area contributed by atoms with Gasteiger partial charge in [0.05, 0.1) is 11.3 Å². The number of Topliss-reactive ketones (excluding diaryl/α,β-unsaturated/α-hetero) is 1. The fraction of sp³-hybridized carbons (Fsp3) is 0.382. The van der Waals surface area contributed by atoms with Gasteiger partial charge in [-0.15, -0.1) is 0 Å². The second-order valence-electron chi connectivity index (χ2n) is 11.1. The molecular weight excluding hydrogens is 510 g/mol. The molecule has 0 spiro atoms. The van der Waals surface area contributed by atoms with E-state index in [1.165, 1.54) is 0 Å². The fourth-order valence-corrected chi connectivity index (χ4v) is 6.06. The molecule has 2 saturated heterocycles. The summed E-state index contributed by atoms with van der Waals surface area (Å²) in [5.74, 6) is 0.207. The molecule has 0 atom stereocenters. The van der Waals surface area contributed by atoms with E-state index >= 15 is 0 Å². The van der Waals surface area contributed by atoms with E-state index < -0.39 is 0 Å². The van der Waals surface area contributed by atoms with Gasteiger partial charge < -0.3 is 20.0 Å². The molecule has 2 heterocycles. The Morgan fingerprint density at radius 1 is 0.829 bits per heavy atom. The average Bonchev–Trinajstić information content (AvgIpc) is 3.02. The van der Waals surface area contributed by atoms with E-state index in [1.807, 2.05) is 73.3 Å². The van der Waals surface area contributed by atoms with Crippen LogP contribution in [0.25, 0.3) is 0 Å². The van der Waals surface area contributed by atoms with Crippen molar-refractivity contribution >= 4 is 28.8 Å². The Hall–Kier alpha value is -4.31. The number of aryl methyl sites for hydroxylation is 2. The van der Waals surface area contributed by atoms with Crippen LogP contribution in [0.3, 0.4) is 0 Å². The Morgan fingerprint density at radius 2 is 1.46 bits per heavy atom. The highest BCUT2D eigenvalue weighted by molar-refractivity contribution is 6.01. The Balaban J connectivity index is 1.23. The molecular formula is C34H39N5O2. The Bertz CT molecular complexity index is 1460. The first-order valence-electron chi connectivity index (χ1n) is 14.7. The first kappa shape index (κ1) is 28.2. The number of rotatable bonds is 7. The van der Waals surface area contributed by atoms with E-state index in [-0.39, 0.29) is 11.7 Å². The first-order valence-corrected chi connectivity index (χ1v) is 14.7. The molecule has 0 unspecified atom stereocenters. The third-order valence-electron chi connectivity index (χ3n) is 8.45. The van der Waals surface area contributed by atoms with Gasteiger partial charge in [-0.25, -0.2) is 0 Å². The molecule has 0 bridgehead atoms. The predicted molar refractivity (Wildman–Crippen MR) is 165 cm³/mol. The number of amides is 1. The van der Waals surface area contributed by atoms with Crippen LogP contribution in [0, 0.1) is 25.2 Å². The van der Waals surface area contributed by atoms with Crippen molar-refractivity contribution in [1.82, 2.24) is 4.90 Å². The molecule has 2 aliphatic heterocycles. The highest BCUT2D eigenvalue weighted by Gasteiger charge is 2.27. The highest BCUT2D eigenvalue weighted by atomic mass is 16.2. The van der Waals surface area contributed by atoms with Crippen molar-refractivity contribution in [3.05, 3.63) is 88.5 Å². The molecule has 0 saturated carbocycles. The van der Waals surface area contributed by atoms with Gasteiger partial charge in [-0.2, -0.15) is 5.26 Å². The van der Waals surface area contributed by atoms with Crippen LogP contribution < -0.4 is 15.1 Å². The molecule has 3 aromatic rings. The maximum absolute atomic E-state index is 13.7. The van der Waals surface area contributed by atoms with Crippen LogP contribution in [0.2, 0.25) is 0 Å². The summed E-state index contributed by atoms with van der Waals surface area (Å²) in [7, 11) is 0. The van der Waals surface area contributed by atoms with E-state index in [4.69, 9.17) is 0 Å². The van der Waals surface area contributed by atoms with Crippen LogP contribution in [0.5, 0.6) is 0 Å². The van der Waals surface area contributed by atoms with E-state index in [0.717, 1.165) is 70.8 Å². The lowest BCUT2D eigenvalue weighted by molar-refractivity contribution is 0.0745. The number of ketones is 1. The number of hydrogen-bond donors (Lipinski definition) is 1. The largest absolute Gasteiger partial charge is 0.382 e. The Kier molecular flexibility index (Phi) is 8.58. The van der Waals surface area contributed by atoms with Crippen molar-refractivity contribution in [2.75, 3.05) is 54.4 Å². The Labute approximate surface area is 243 Å². The van der Waals surface area contributed by atoms with Crippen LogP contribution in [0.4, 0.5) is 17.1 Å². The zero-order chi connectivity index (χ0) is 28.9. The van der Waals surface area contributed by atoms with E-state index in [2.05, 4.69) is 34.2 Å². The lowest BCUT2D eigenvalue weighted by Gasteiger charge is -2.37. The van der Waals surface area contributed by atoms with Gasteiger partial charge in [-0.05, 0) is 68.1 Å². The zero-order valence-corrected chi connectivity index (χ0v) is 24.3. The van der Waals surface area contributed by atoms with Crippen molar-refractivity contribution in [2.45, 2.75) is 46.1 Å². The second kappa shape index (κ2) is 12.5. The molecule has 1 N–H and O–H groups in total.